The van der Waals surface area contributed by atoms with Crippen molar-refractivity contribution < 1.29 is 14.7 Å². The van der Waals surface area contributed by atoms with Crippen molar-refractivity contribution in [1.29, 1.82) is 0 Å². The molecule has 7 heteroatoms. The van der Waals surface area contributed by atoms with E-state index in [0.717, 1.165) is 4.47 Å². The number of rotatable bonds is 2. The summed E-state index contributed by atoms with van der Waals surface area (Å²) in [6, 6.07) is 9.45. The Bertz CT molecular complexity index is 644. The maximum atomic E-state index is 11.8. The Morgan fingerprint density at radius 1 is 1.05 bits per heavy atom. The molecule has 1 heterocycles. The van der Waals surface area contributed by atoms with E-state index in [1.165, 1.54) is 18.3 Å². The lowest BCUT2D eigenvalue weighted by Crippen LogP contribution is -2.41. The fourth-order valence-electron chi connectivity index (χ4n) is 1.42. The number of benzene rings is 1. The lowest BCUT2D eigenvalue weighted by Gasteiger charge is -2.07. The van der Waals surface area contributed by atoms with Crippen molar-refractivity contribution in [2.75, 3.05) is 0 Å². The van der Waals surface area contributed by atoms with Gasteiger partial charge in [-0.25, -0.2) is 4.98 Å². The summed E-state index contributed by atoms with van der Waals surface area (Å²) in [5.74, 6) is -1.43. The smallest absolute Gasteiger partial charge is 0.292 e. The van der Waals surface area contributed by atoms with Gasteiger partial charge in [0.15, 0.2) is 5.69 Å². The fourth-order valence-corrected chi connectivity index (χ4v) is 1.68. The number of hydrogen-bond acceptors (Lipinski definition) is 4. The topological polar surface area (TPSA) is 91.3 Å². The van der Waals surface area contributed by atoms with E-state index < -0.39 is 11.8 Å². The molecule has 2 rings (SSSR count). The molecule has 1 aromatic carbocycles. The first-order chi connectivity index (χ1) is 9.58. The molecule has 0 unspecified atom stereocenters. The van der Waals surface area contributed by atoms with Gasteiger partial charge >= 0.3 is 0 Å². The molecule has 1 aromatic heterocycles. The Morgan fingerprint density at radius 3 is 2.35 bits per heavy atom. The summed E-state index contributed by atoms with van der Waals surface area (Å²) in [5, 5.41) is 9.45. The third-order valence-corrected chi connectivity index (χ3v) is 2.93. The summed E-state index contributed by atoms with van der Waals surface area (Å²) in [4.78, 5) is 27.2. The lowest BCUT2D eigenvalue weighted by atomic mass is 10.2. The molecule has 0 fully saturated rings. The van der Waals surface area contributed by atoms with Crippen molar-refractivity contribution in [2.24, 2.45) is 0 Å². The molecule has 0 radical (unpaired) electrons. The van der Waals surface area contributed by atoms with E-state index in [0.29, 0.717) is 5.56 Å². The number of hydrazine groups is 1. The fraction of sp³-hybridized carbons (Fsp3) is 0. The van der Waals surface area contributed by atoms with Crippen LogP contribution in [0.1, 0.15) is 20.8 Å². The quantitative estimate of drug-likeness (QED) is 0.727. The van der Waals surface area contributed by atoms with Gasteiger partial charge < -0.3 is 5.11 Å². The van der Waals surface area contributed by atoms with Crippen LogP contribution in [0.15, 0.2) is 47.1 Å². The van der Waals surface area contributed by atoms with Gasteiger partial charge in [-0.15, -0.1) is 0 Å². The van der Waals surface area contributed by atoms with E-state index in [1.807, 2.05) is 0 Å². The van der Waals surface area contributed by atoms with Gasteiger partial charge in [0, 0.05) is 16.2 Å². The molecule has 2 aromatic rings. The zero-order valence-corrected chi connectivity index (χ0v) is 11.7. The predicted octanol–water partition coefficient (Wildman–Crippen LogP) is 1.62. The molecule has 0 aliphatic rings. The van der Waals surface area contributed by atoms with Gasteiger partial charge in [0.05, 0.1) is 0 Å². The van der Waals surface area contributed by atoms with E-state index in [9.17, 15) is 14.7 Å². The SMILES string of the molecule is O=C(NNC(=O)c1ncccc1O)c1ccc(Br)cc1. The minimum Gasteiger partial charge on any atom is -0.505 e. The molecule has 0 aliphatic carbocycles. The number of carbonyl (C=O) groups is 2. The molecule has 6 nitrogen and oxygen atoms in total. The van der Waals surface area contributed by atoms with Crippen molar-refractivity contribution >= 4 is 27.7 Å². The Labute approximate surface area is 122 Å². The van der Waals surface area contributed by atoms with Crippen LogP contribution in [0.3, 0.4) is 0 Å². The van der Waals surface area contributed by atoms with Crippen LogP contribution < -0.4 is 10.9 Å². The van der Waals surface area contributed by atoms with Crippen molar-refractivity contribution in [1.82, 2.24) is 15.8 Å². The standard InChI is InChI=1S/C13H10BrN3O3/c14-9-5-3-8(4-6-9)12(19)16-17-13(20)11-10(18)2-1-7-15-11/h1-7,18H,(H,16,19)(H,17,20). The molecule has 20 heavy (non-hydrogen) atoms. The van der Waals surface area contributed by atoms with Crippen molar-refractivity contribution in [3.8, 4) is 5.75 Å². The Balaban J connectivity index is 1.99. The van der Waals surface area contributed by atoms with E-state index in [4.69, 9.17) is 0 Å². The monoisotopic (exact) mass is 335 g/mol. The van der Waals surface area contributed by atoms with Crippen LogP contribution in [0.2, 0.25) is 0 Å². The summed E-state index contributed by atoms with van der Waals surface area (Å²) < 4.78 is 0.844. The highest BCUT2D eigenvalue weighted by Crippen LogP contribution is 2.12. The first-order valence-electron chi connectivity index (χ1n) is 5.58. The van der Waals surface area contributed by atoms with Crippen LogP contribution in [-0.2, 0) is 0 Å². The van der Waals surface area contributed by atoms with Crippen molar-refractivity contribution in [2.45, 2.75) is 0 Å². The molecular formula is C13H10BrN3O3. The third kappa shape index (κ3) is 3.33. The van der Waals surface area contributed by atoms with Gasteiger partial charge in [-0.2, -0.15) is 0 Å². The number of aromatic nitrogens is 1. The molecule has 2 amide bonds. The van der Waals surface area contributed by atoms with Gasteiger partial charge in [-0.3, -0.25) is 20.4 Å². The van der Waals surface area contributed by atoms with E-state index in [-0.39, 0.29) is 11.4 Å². The minimum absolute atomic E-state index is 0.163. The number of halogens is 1. The van der Waals surface area contributed by atoms with Crippen LogP contribution in [-0.4, -0.2) is 21.9 Å². The summed E-state index contributed by atoms with van der Waals surface area (Å²) in [7, 11) is 0. The zero-order valence-electron chi connectivity index (χ0n) is 10.1. The Morgan fingerprint density at radius 2 is 1.70 bits per heavy atom. The number of nitrogens with one attached hydrogen (secondary N) is 2. The molecule has 0 aliphatic heterocycles. The summed E-state index contributed by atoms with van der Waals surface area (Å²) in [6.07, 6.45) is 1.37. The number of amides is 2. The van der Waals surface area contributed by atoms with Gasteiger partial charge in [0.2, 0.25) is 0 Å². The average Bonchev–Trinajstić information content (AvgIpc) is 2.45. The first kappa shape index (κ1) is 14.0. The maximum absolute atomic E-state index is 11.8. The number of carbonyl (C=O) groups excluding carboxylic acids is 2. The second kappa shape index (κ2) is 6.16. The predicted molar refractivity (Wildman–Crippen MR) is 75.0 cm³/mol. The maximum Gasteiger partial charge on any atom is 0.292 e. The third-order valence-electron chi connectivity index (χ3n) is 2.40. The van der Waals surface area contributed by atoms with E-state index >= 15 is 0 Å². The van der Waals surface area contributed by atoms with Crippen LogP contribution in [0.25, 0.3) is 0 Å². The second-order valence-corrected chi connectivity index (χ2v) is 4.70. The molecule has 0 saturated carbocycles. The summed E-state index contributed by atoms with van der Waals surface area (Å²) in [6.45, 7) is 0. The summed E-state index contributed by atoms with van der Waals surface area (Å²) >= 11 is 3.26. The van der Waals surface area contributed by atoms with E-state index in [2.05, 4.69) is 31.8 Å². The number of pyridine rings is 1. The first-order valence-corrected chi connectivity index (χ1v) is 6.37. The second-order valence-electron chi connectivity index (χ2n) is 3.79. The molecule has 0 saturated heterocycles. The number of hydrogen-bond donors (Lipinski definition) is 3. The molecule has 102 valence electrons. The number of nitrogens with zero attached hydrogens (tertiary/aromatic N) is 1. The number of aromatic hydroxyl groups is 1. The molecule has 3 N–H and O–H groups in total. The highest BCUT2D eigenvalue weighted by molar-refractivity contribution is 9.10. The summed E-state index contributed by atoms with van der Waals surface area (Å²) in [5.41, 5.74) is 4.64. The highest BCUT2D eigenvalue weighted by atomic mass is 79.9. The molecule has 0 bridgehead atoms. The van der Waals surface area contributed by atoms with Crippen molar-refractivity contribution in [3.63, 3.8) is 0 Å². The lowest BCUT2D eigenvalue weighted by molar-refractivity contribution is 0.0842. The molecule has 0 spiro atoms. The largest absolute Gasteiger partial charge is 0.505 e. The zero-order chi connectivity index (χ0) is 14.5. The van der Waals surface area contributed by atoms with Gasteiger partial charge in [-0.1, -0.05) is 15.9 Å². The Kier molecular flexibility index (Phi) is 4.31. The van der Waals surface area contributed by atoms with Crippen LogP contribution in [0, 0.1) is 0 Å². The van der Waals surface area contributed by atoms with Crippen LogP contribution in [0.4, 0.5) is 0 Å². The van der Waals surface area contributed by atoms with Gasteiger partial charge in [-0.05, 0) is 36.4 Å². The average molecular weight is 336 g/mol. The van der Waals surface area contributed by atoms with Crippen LogP contribution in [0.5, 0.6) is 5.75 Å². The highest BCUT2D eigenvalue weighted by Gasteiger charge is 2.13. The minimum atomic E-state index is -0.700. The van der Waals surface area contributed by atoms with E-state index in [1.54, 1.807) is 24.3 Å². The van der Waals surface area contributed by atoms with Crippen LogP contribution >= 0.6 is 15.9 Å². The Hall–Kier alpha value is -2.41. The molecule has 0 atom stereocenters. The van der Waals surface area contributed by atoms with Gasteiger partial charge in [0.1, 0.15) is 5.75 Å². The normalized spacial score (nSPS) is 9.85. The molecular weight excluding hydrogens is 326 g/mol. The van der Waals surface area contributed by atoms with Crippen molar-refractivity contribution in [3.05, 3.63) is 58.3 Å². The van der Waals surface area contributed by atoms with Gasteiger partial charge in [0.25, 0.3) is 11.8 Å².